The van der Waals surface area contributed by atoms with Gasteiger partial charge in [-0.15, -0.1) is 0 Å². The van der Waals surface area contributed by atoms with Crippen LogP contribution in [-0.2, 0) is 12.8 Å². The average molecular weight is 421 g/mol. The molecule has 3 rings (SSSR count). The van der Waals surface area contributed by atoms with Gasteiger partial charge in [0.15, 0.2) is 0 Å². The molecule has 0 N–H and O–H groups in total. The molecule has 0 aliphatic rings. The minimum Gasteiger partial charge on any atom is -0.456 e. The predicted octanol–water partition coefficient (Wildman–Crippen LogP) is 10.0. The summed E-state index contributed by atoms with van der Waals surface area (Å²) < 4.78 is 6.41. The van der Waals surface area contributed by atoms with E-state index in [1.165, 1.54) is 123 Å². The first-order valence-corrected chi connectivity index (χ1v) is 13.1. The number of hydrogen-bond acceptors (Lipinski definition) is 1. The van der Waals surface area contributed by atoms with E-state index in [9.17, 15) is 0 Å². The van der Waals surface area contributed by atoms with Crippen LogP contribution in [0.2, 0.25) is 0 Å². The highest BCUT2D eigenvalue weighted by Crippen LogP contribution is 2.36. The molecule has 1 aromatic heterocycles. The van der Waals surface area contributed by atoms with E-state index >= 15 is 0 Å². The standard InChI is InChI=1S/C30H44O/c1-5-7-9-11-13-15-17-25-21-26(18-16-14-12-10-8-6-2)30-28(22-25)31-27-20-23(3)19-24(4)29(27)30/h19-22H,5-18H2,1-4H3. The molecule has 0 aliphatic heterocycles. The molecule has 0 aliphatic carbocycles. The van der Waals surface area contributed by atoms with Gasteiger partial charge in [-0.25, -0.2) is 0 Å². The molecule has 1 heterocycles. The van der Waals surface area contributed by atoms with E-state index in [0.717, 1.165) is 11.2 Å². The van der Waals surface area contributed by atoms with Crippen molar-refractivity contribution in [2.75, 3.05) is 0 Å². The molecule has 0 spiro atoms. The van der Waals surface area contributed by atoms with Crippen molar-refractivity contribution >= 4 is 21.9 Å². The highest BCUT2D eigenvalue weighted by atomic mass is 16.3. The molecule has 0 unspecified atom stereocenters. The molecule has 2 aromatic carbocycles. The van der Waals surface area contributed by atoms with Crippen LogP contribution < -0.4 is 0 Å². The summed E-state index contributed by atoms with van der Waals surface area (Å²) in [5.41, 5.74) is 7.79. The predicted molar refractivity (Wildman–Crippen MR) is 137 cm³/mol. The molecular formula is C30H44O. The molecular weight excluding hydrogens is 376 g/mol. The Morgan fingerprint density at radius 3 is 1.84 bits per heavy atom. The van der Waals surface area contributed by atoms with Gasteiger partial charge < -0.3 is 4.42 Å². The zero-order chi connectivity index (χ0) is 22.1. The van der Waals surface area contributed by atoms with Gasteiger partial charge in [-0.05, 0) is 73.9 Å². The number of furan rings is 1. The second kappa shape index (κ2) is 12.3. The third-order valence-electron chi connectivity index (χ3n) is 6.78. The summed E-state index contributed by atoms with van der Waals surface area (Å²) in [7, 11) is 0. The fraction of sp³-hybridized carbons (Fsp3) is 0.600. The van der Waals surface area contributed by atoms with Gasteiger partial charge in [-0.3, -0.25) is 0 Å². The average Bonchev–Trinajstić information content (AvgIpc) is 3.11. The monoisotopic (exact) mass is 420 g/mol. The Balaban J connectivity index is 1.80. The van der Waals surface area contributed by atoms with Crippen molar-refractivity contribution in [2.24, 2.45) is 0 Å². The number of benzene rings is 2. The molecule has 0 bridgehead atoms. The Bertz CT molecular complexity index is 946. The van der Waals surface area contributed by atoms with E-state index in [2.05, 4.69) is 52.0 Å². The van der Waals surface area contributed by atoms with Crippen molar-refractivity contribution in [1.82, 2.24) is 0 Å². The molecule has 0 atom stereocenters. The van der Waals surface area contributed by atoms with Crippen molar-refractivity contribution in [3.63, 3.8) is 0 Å². The van der Waals surface area contributed by atoms with Crippen LogP contribution >= 0.6 is 0 Å². The Labute approximate surface area is 190 Å². The maximum atomic E-state index is 6.41. The van der Waals surface area contributed by atoms with Crippen LogP contribution in [0.5, 0.6) is 0 Å². The van der Waals surface area contributed by atoms with E-state index in [4.69, 9.17) is 4.42 Å². The van der Waals surface area contributed by atoms with Gasteiger partial charge in [0.25, 0.3) is 0 Å². The van der Waals surface area contributed by atoms with E-state index in [-0.39, 0.29) is 0 Å². The molecule has 31 heavy (non-hydrogen) atoms. The number of rotatable bonds is 14. The highest BCUT2D eigenvalue weighted by molar-refractivity contribution is 6.08. The van der Waals surface area contributed by atoms with Crippen molar-refractivity contribution in [2.45, 2.75) is 118 Å². The Kier molecular flexibility index (Phi) is 9.50. The summed E-state index contributed by atoms with van der Waals surface area (Å²) in [5.74, 6) is 0. The zero-order valence-corrected chi connectivity index (χ0v) is 20.6. The third kappa shape index (κ3) is 6.61. The summed E-state index contributed by atoms with van der Waals surface area (Å²) in [4.78, 5) is 0. The van der Waals surface area contributed by atoms with Crippen LogP contribution in [0.1, 0.15) is 113 Å². The van der Waals surface area contributed by atoms with Crippen LogP contribution in [0.25, 0.3) is 21.9 Å². The van der Waals surface area contributed by atoms with E-state index < -0.39 is 0 Å². The molecule has 1 heteroatoms. The lowest BCUT2D eigenvalue weighted by atomic mass is 9.94. The van der Waals surface area contributed by atoms with Gasteiger partial charge in [0, 0.05) is 10.8 Å². The second-order valence-electron chi connectivity index (χ2n) is 9.72. The topological polar surface area (TPSA) is 13.1 Å². The minimum atomic E-state index is 1.06. The normalized spacial score (nSPS) is 11.7. The van der Waals surface area contributed by atoms with E-state index in [1.807, 2.05) is 0 Å². The maximum Gasteiger partial charge on any atom is 0.135 e. The van der Waals surface area contributed by atoms with Crippen molar-refractivity contribution < 1.29 is 4.42 Å². The second-order valence-corrected chi connectivity index (χ2v) is 9.72. The van der Waals surface area contributed by atoms with Crippen LogP contribution in [-0.4, -0.2) is 0 Å². The Morgan fingerprint density at radius 1 is 0.581 bits per heavy atom. The first kappa shape index (κ1) is 23.9. The lowest BCUT2D eigenvalue weighted by Crippen LogP contribution is -1.93. The minimum absolute atomic E-state index is 1.06. The SMILES string of the molecule is CCCCCCCCc1cc(CCCCCCCC)c2c(c1)oc1cc(C)cc(C)c12. The Hall–Kier alpha value is -1.76. The Morgan fingerprint density at radius 2 is 1.16 bits per heavy atom. The van der Waals surface area contributed by atoms with Crippen molar-refractivity contribution in [3.05, 3.63) is 46.5 Å². The van der Waals surface area contributed by atoms with Crippen LogP contribution in [0.3, 0.4) is 0 Å². The van der Waals surface area contributed by atoms with Crippen LogP contribution in [0.4, 0.5) is 0 Å². The quantitative estimate of drug-likeness (QED) is 0.236. The zero-order valence-electron chi connectivity index (χ0n) is 20.6. The smallest absolute Gasteiger partial charge is 0.135 e. The molecule has 0 fully saturated rings. The summed E-state index contributed by atoms with van der Waals surface area (Å²) in [6.07, 6.45) is 18.6. The van der Waals surface area contributed by atoms with Gasteiger partial charge in [0.2, 0.25) is 0 Å². The van der Waals surface area contributed by atoms with Gasteiger partial charge in [0.05, 0.1) is 0 Å². The fourth-order valence-corrected chi connectivity index (χ4v) is 5.10. The van der Waals surface area contributed by atoms with Crippen LogP contribution in [0.15, 0.2) is 28.7 Å². The largest absolute Gasteiger partial charge is 0.456 e. The molecule has 0 saturated heterocycles. The molecule has 0 amide bonds. The first-order valence-electron chi connectivity index (χ1n) is 13.1. The van der Waals surface area contributed by atoms with Gasteiger partial charge >= 0.3 is 0 Å². The molecule has 1 nitrogen and oxygen atoms in total. The summed E-state index contributed by atoms with van der Waals surface area (Å²) in [6.45, 7) is 8.99. The van der Waals surface area contributed by atoms with Gasteiger partial charge in [0.1, 0.15) is 11.2 Å². The van der Waals surface area contributed by atoms with E-state index in [1.54, 1.807) is 0 Å². The van der Waals surface area contributed by atoms with Gasteiger partial charge in [-0.2, -0.15) is 0 Å². The summed E-state index contributed by atoms with van der Waals surface area (Å²) >= 11 is 0. The molecule has 3 aromatic rings. The lowest BCUT2D eigenvalue weighted by Gasteiger charge is -2.09. The fourth-order valence-electron chi connectivity index (χ4n) is 5.10. The molecule has 0 radical (unpaired) electrons. The third-order valence-corrected chi connectivity index (χ3v) is 6.78. The number of hydrogen-bond donors (Lipinski definition) is 0. The van der Waals surface area contributed by atoms with E-state index in [0.29, 0.717) is 0 Å². The first-order chi connectivity index (χ1) is 15.1. The number of unbranched alkanes of at least 4 members (excludes halogenated alkanes) is 10. The van der Waals surface area contributed by atoms with Gasteiger partial charge in [-0.1, -0.05) is 90.2 Å². The lowest BCUT2D eigenvalue weighted by molar-refractivity contribution is 0.604. The maximum absolute atomic E-state index is 6.41. The number of aryl methyl sites for hydroxylation is 4. The summed E-state index contributed by atoms with van der Waals surface area (Å²) in [6, 6.07) is 9.36. The van der Waals surface area contributed by atoms with Crippen molar-refractivity contribution in [3.8, 4) is 0 Å². The van der Waals surface area contributed by atoms with Crippen LogP contribution in [0, 0.1) is 13.8 Å². The highest BCUT2D eigenvalue weighted by Gasteiger charge is 2.15. The molecule has 170 valence electrons. The van der Waals surface area contributed by atoms with Crippen molar-refractivity contribution in [1.29, 1.82) is 0 Å². The molecule has 0 saturated carbocycles. The summed E-state index contributed by atoms with van der Waals surface area (Å²) in [5, 5.41) is 2.72. The number of fused-ring (bicyclic) bond motifs is 3.